The maximum Gasteiger partial charge on any atom is 0.416 e. The lowest BCUT2D eigenvalue weighted by Gasteiger charge is -2.34. The summed E-state index contributed by atoms with van der Waals surface area (Å²) in [6.07, 6.45) is -3.60. The van der Waals surface area contributed by atoms with Crippen LogP contribution in [0.15, 0.2) is 52.3 Å². The molecule has 150 valence electrons. The Bertz CT molecular complexity index is 878. The van der Waals surface area contributed by atoms with Gasteiger partial charge in [0.1, 0.15) is 6.07 Å². The average molecular weight is 428 g/mol. The van der Waals surface area contributed by atoms with Gasteiger partial charge in [0.2, 0.25) is 0 Å². The number of fused-ring (bicyclic) bond motifs is 2. The molecule has 28 heavy (non-hydrogen) atoms. The highest BCUT2D eigenvalue weighted by Gasteiger charge is 2.33. The van der Waals surface area contributed by atoms with Crippen molar-refractivity contribution in [3.63, 3.8) is 0 Å². The molecule has 0 unspecified atom stereocenters. The molecule has 0 aliphatic carbocycles. The first-order chi connectivity index (χ1) is 12.7. The number of quaternary nitrogens is 1. The summed E-state index contributed by atoms with van der Waals surface area (Å²) < 4.78 is 40.2. The van der Waals surface area contributed by atoms with Crippen molar-refractivity contribution in [3.05, 3.63) is 48.0 Å². The minimum atomic E-state index is -4.37. The molecule has 0 saturated heterocycles. The lowest BCUT2D eigenvalue weighted by atomic mass is 10.1. The second kappa shape index (κ2) is 8.64. The monoisotopic (exact) mass is 427 g/mol. The highest BCUT2D eigenvalue weighted by atomic mass is 35.5. The van der Waals surface area contributed by atoms with Gasteiger partial charge in [0.15, 0.2) is 6.54 Å². The first-order valence-electron chi connectivity index (χ1n) is 8.66. The van der Waals surface area contributed by atoms with Crippen molar-refractivity contribution in [2.45, 2.75) is 22.4 Å². The molecule has 3 nitrogen and oxygen atoms in total. The normalized spacial score (nSPS) is 13.2. The zero-order chi connectivity index (χ0) is 19.7. The van der Waals surface area contributed by atoms with E-state index in [0.717, 1.165) is 34.5 Å². The van der Waals surface area contributed by atoms with Gasteiger partial charge in [-0.2, -0.15) is 18.4 Å². The Labute approximate surface area is 173 Å². The summed E-state index contributed by atoms with van der Waals surface area (Å²) in [6.45, 7) is 1.77. The smallest absolute Gasteiger partial charge is 0.416 e. The average Bonchev–Trinajstić information content (AvgIpc) is 2.59. The van der Waals surface area contributed by atoms with Crippen LogP contribution < -0.4 is 17.3 Å². The van der Waals surface area contributed by atoms with Gasteiger partial charge in [0.25, 0.3) is 0 Å². The lowest BCUT2D eigenvalue weighted by molar-refractivity contribution is -0.883. The maximum atomic E-state index is 13.2. The van der Waals surface area contributed by atoms with Gasteiger partial charge in [-0.25, -0.2) is 0 Å². The Kier molecular flexibility index (Phi) is 6.92. The van der Waals surface area contributed by atoms with Crippen molar-refractivity contribution < 1.29 is 30.1 Å². The lowest BCUT2D eigenvalue weighted by Crippen LogP contribution is -3.00. The molecule has 0 atom stereocenters. The van der Waals surface area contributed by atoms with Crippen molar-refractivity contribution >= 4 is 23.1 Å². The molecule has 8 heteroatoms. The van der Waals surface area contributed by atoms with Crippen molar-refractivity contribution in [1.82, 2.24) is 0 Å². The minimum Gasteiger partial charge on any atom is -1.00 e. The topological polar surface area (TPSA) is 27.0 Å². The van der Waals surface area contributed by atoms with Crippen LogP contribution in [0.3, 0.4) is 0 Å². The molecule has 0 aromatic heterocycles. The second-order valence-electron chi connectivity index (χ2n) is 7.23. The first-order valence-corrected chi connectivity index (χ1v) is 9.47. The second-order valence-corrected chi connectivity index (χ2v) is 8.31. The summed E-state index contributed by atoms with van der Waals surface area (Å²) in [6, 6.07) is 13.9. The van der Waals surface area contributed by atoms with Gasteiger partial charge in [-0.3, -0.25) is 0 Å². The molecule has 0 bridgehead atoms. The molecule has 0 radical (unpaired) electrons. The standard InChI is InChI=1S/C20H21F3N3S.ClH/c1-26(2,13-10-24)12-5-11-25-16-6-3-4-7-18(16)27-19-9-8-15(14-17(19)25)20(21,22)23;/h3-4,6-9,14H,5,11-13H2,1-2H3;1H/q+1;/p-1. The maximum absolute atomic E-state index is 13.2. The SMILES string of the molecule is C[N+](C)(CC#N)CCCN1c2ccccc2Sc2ccc(C(F)(F)F)cc21.[Cl-]. The van der Waals surface area contributed by atoms with E-state index in [1.807, 2.05) is 43.3 Å². The van der Waals surface area contributed by atoms with E-state index in [2.05, 4.69) is 6.07 Å². The van der Waals surface area contributed by atoms with E-state index in [4.69, 9.17) is 5.26 Å². The summed E-state index contributed by atoms with van der Waals surface area (Å²) in [5.74, 6) is 0. The fourth-order valence-corrected chi connectivity index (χ4v) is 4.25. The molecular formula is C20H21ClF3N3S. The van der Waals surface area contributed by atoms with Gasteiger partial charge in [0, 0.05) is 22.8 Å². The highest BCUT2D eigenvalue weighted by Crippen LogP contribution is 2.49. The number of benzene rings is 2. The third-order valence-electron chi connectivity index (χ3n) is 4.60. The van der Waals surface area contributed by atoms with Gasteiger partial charge in [-0.1, -0.05) is 23.9 Å². The van der Waals surface area contributed by atoms with Crippen LogP contribution in [0.2, 0.25) is 0 Å². The molecule has 3 rings (SSSR count). The van der Waals surface area contributed by atoms with Crippen LogP contribution in [0, 0.1) is 11.3 Å². The van der Waals surface area contributed by atoms with Crippen LogP contribution in [0.4, 0.5) is 24.5 Å². The molecular weight excluding hydrogens is 407 g/mol. The van der Waals surface area contributed by atoms with Gasteiger partial charge >= 0.3 is 6.18 Å². The third kappa shape index (κ3) is 4.93. The zero-order valence-corrected chi connectivity index (χ0v) is 17.2. The van der Waals surface area contributed by atoms with E-state index in [-0.39, 0.29) is 12.4 Å². The fourth-order valence-electron chi connectivity index (χ4n) is 3.17. The molecule has 1 heterocycles. The van der Waals surface area contributed by atoms with Crippen molar-refractivity contribution in [1.29, 1.82) is 5.26 Å². The predicted octanol–water partition coefficient (Wildman–Crippen LogP) is 2.30. The van der Waals surface area contributed by atoms with Crippen molar-refractivity contribution in [2.24, 2.45) is 0 Å². The predicted molar refractivity (Wildman–Crippen MR) is 101 cm³/mol. The molecule has 0 spiro atoms. The van der Waals surface area contributed by atoms with Crippen LogP contribution in [0.25, 0.3) is 0 Å². The molecule has 2 aromatic rings. The highest BCUT2D eigenvalue weighted by molar-refractivity contribution is 7.99. The largest absolute Gasteiger partial charge is 1.00 e. The van der Waals surface area contributed by atoms with E-state index < -0.39 is 11.7 Å². The van der Waals surface area contributed by atoms with Crippen LogP contribution >= 0.6 is 11.8 Å². The molecule has 1 aliphatic heterocycles. The van der Waals surface area contributed by atoms with E-state index in [1.54, 1.807) is 6.07 Å². The summed E-state index contributed by atoms with van der Waals surface area (Å²) in [5.41, 5.74) is 0.894. The van der Waals surface area contributed by atoms with Crippen LogP contribution in [-0.4, -0.2) is 38.2 Å². The van der Waals surface area contributed by atoms with Crippen molar-refractivity contribution in [3.8, 4) is 6.07 Å². The number of nitriles is 1. The summed E-state index contributed by atoms with van der Waals surface area (Å²) in [5, 5.41) is 8.93. The van der Waals surface area contributed by atoms with E-state index in [1.165, 1.54) is 17.8 Å². The number of hydrogen-bond acceptors (Lipinski definition) is 3. The van der Waals surface area contributed by atoms with E-state index in [0.29, 0.717) is 23.3 Å². The van der Waals surface area contributed by atoms with Gasteiger partial charge in [0.05, 0.1) is 37.6 Å². The van der Waals surface area contributed by atoms with Crippen LogP contribution in [-0.2, 0) is 6.18 Å². The van der Waals surface area contributed by atoms with Crippen molar-refractivity contribution in [2.75, 3.05) is 38.6 Å². The Morgan fingerprint density at radius 3 is 2.43 bits per heavy atom. The molecule has 2 aromatic carbocycles. The zero-order valence-electron chi connectivity index (χ0n) is 15.6. The number of rotatable bonds is 5. The molecule has 1 aliphatic rings. The summed E-state index contributed by atoms with van der Waals surface area (Å²) >= 11 is 1.50. The number of para-hydroxylation sites is 1. The Morgan fingerprint density at radius 2 is 1.75 bits per heavy atom. The van der Waals surface area contributed by atoms with Gasteiger partial charge in [-0.15, -0.1) is 0 Å². The molecule has 0 N–H and O–H groups in total. The van der Waals surface area contributed by atoms with Crippen LogP contribution in [0.1, 0.15) is 12.0 Å². The van der Waals surface area contributed by atoms with Gasteiger partial charge in [-0.05, 0) is 30.3 Å². The molecule has 0 fully saturated rings. The van der Waals surface area contributed by atoms with Crippen LogP contribution in [0.5, 0.6) is 0 Å². The first kappa shape index (κ1) is 22.4. The number of nitrogens with zero attached hydrogens (tertiary/aromatic N) is 3. The van der Waals surface area contributed by atoms with Gasteiger partial charge < -0.3 is 21.8 Å². The fraction of sp³-hybridized carbons (Fsp3) is 0.350. The minimum absolute atomic E-state index is 0. The quantitative estimate of drug-likeness (QED) is 0.541. The Morgan fingerprint density at radius 1 is 1.07 bits per heavy atom. The number of halogens is 4. The Hall–Kier alpha value is -1.88. The van der Waals surface area contributed by atoms with E-state index >= 15 is 0 Å². The summed E-state index contributed by atoms with van der Waals surface area (Å²) in [4.78, 5) is 3.84. The third-order valence-corrected chi connectivity index (χ3v) is 5.73. The summed E-state index contributed by atoms with van der Waals surface area (Å²) in [7, 11) is 3.97. The molecule has 0 amide bonds. The number of alkyl halides is 3. The van der Waals surface area contributed by atoms with E-state index in [9.17, 15) is 13.2 Å². The Balaban J connectivity index is 0.00000280. The number of anilines is 2. The number of hydrogen-bond donors (Lipinski definition) is 0. The molecule has 0 saturated carbocycles.